The highest BCUT2D eigenvalue weighted by atomic mass is 32.2. The fraction of sp³-hybridized carbons (Fsp3) is 0.267. The summed E-state index contributed by atoms with van der Waals surface area (Å²) in [7, 11) is -2.47. The van der Waals surface area contributed by atoms with Gasteiger partial charge in [0.05, 0.1) is 12.0 Å². The highest BCUT2D eigenvalue weighted by Crippen LogP contribution is 2.17. The maximum atomic E-state index is 12.5. The van der Waals surface area contributed by atoms with E-state index < -0.39 is 16.0 Å². The fourth-order valence-corrected chi connectivity index (χ4v) is 2.87. The maximum Gasteiger partial charge on any atom is 0.331 e. The number of sulfonamides is 1. The molecule has 0 unspecified atom stereocenters. The molecule has 0 atom stereocenters. The molecule has 1 rings (SSSR count). The van der Waals surface area contributed by atoms with Gasteiger partial charge in [0.15, 0.2) is 0 Å². The van der Waals surface area contributed by atoms with E-state index in [2.05, 4.69) is 11.3 Å². The normalized spacial score (nSPS) is 11.3. The lowest BCUT2D eigenvalue weighted by atomic mass is 10.2. The summed E-state index contributed by atoms with van der Waals surface area (Å²) in [5.74, 6) is -0.613. The molecule has 0 fully saturated rings. The quantitative estimate of drug-likeness (QED) is 0.440. The second-order valence-electron chi connectivity index (χ2n) is 4.35. The van der Waals surface area contributed by atoms with Crippen molar-refractivity contribution in [2.45, 2.75) is 18.2 Å². The summed E-state index contributed by atoms with van der Waals surface area (Å²) in [5, 5.41) is 0. The van der Waals surface area contributed by atoms with Crippen molar-refractivity contribution in [3.63, 3.8) is 0 Å². The van der Waals surface area contributed by atoms with E-state index in [0.29, 0.717) is 6.42 Å². The van der Waals surface area contributed by atoms with Crippen molar-refractivity contribution in [1.82, 2.24) is 4.31 Å². The third kappa shape index (κ3) is 4.75. The standard InChI is InChI=1S/C15H19NO4S/c1-4-5-11-16(12-10-15(17)20-3)21(18,19)14-8-6-13(2)7-9-14/h4,6-10,12H,1,5,11H2,2-3H3/b12-10+. The number of hydrogen-bond acceptors (Lipinski definition) is 4. The van der Waals surface area contributed by atoms with Crippen molar-refractivity contribution >= 4 is 16.0 Å². The predicted molar refractivity (Wildman–Crippen MR) is 81.0 cm³/mol. The van der Waals surface area contributed by atoms with Gasteiger partial charge in [0.1, 0.15) is 0 Å². The Bertz CT molecular complexity index is 618. The van der Waals surface area contributed by atoms with Gasteiger partial charge in [-0.2, -0.15) is 0 Å². The van der Waals surface area contributed by atoms with Gasteiger partial charge in [-0.3, -0.25) is 4.31 Å². The molecule has 0 spiro atoms. The molecule has 0 N–H and O–H groups in total. The number of carbonyl (C=O) groups excluding carboxylic acids is 1. The number of hydrogen-bond donors (Lipinski definition) is 0. The Balaban J connectivity index is 3.10. The first-order valence-electron chi connectivity index (χ1n) is 6.37. The Hall–Kier alpha value is -2.08. The van der Waals surface area contributed by atoms with E-state index in [1.807, 2.05) is 6.92 Å². The average molecular weight is 309 g/mol. The van der Waals surface area contributed by atoms with Crippen molar-refractivity contribution in [1.29, 1.82) is 0 Å². The monoisotopic (exact) mass is 309 g/mol. The van der Waals surface area contributed by atoms with Crippen LogP contribution in [0.4, 0.5) is 0 Å². The number of benzene rings is 1. The summed E-state index contributed by atoms with van der Waals surface area (Å²) in [5.41, 5.74) is 0.969. The van der Waals surface area contributed by atoms with Crippen LogP contribution in [0.15, 0.2) is 54.1 Å². The first-order chi connectivity index (χ1) is 9.91. The number of carbonyl (C=O) groups is 1. The second-order valence-corrected chi connectivity index (χ2v) is 6.24. The van der Waals surface area contributed by atoms with Crippen LogP contribution in [0.2, 0.25) is 0 Å². The largest absolute Gasteiger partial charge is 0.466 e. The predicted octanol–water partition coefficient (Wildman–Crippen LogP) is 2.25. The summed E-state index contributed by atoms with van der Waals surface area (Å²) in [4.78, 5) is 11.3. The number of esters is 1. The van der Waals surface area contributed by atoms with Gasteiger partial charge >= 0.3 is 5.97 Å². The molecule has 0 radical (unpaired) electrons. The molecule has 21 heavy (non-hydrogen) atoms. The van der Waals surface area contributed by atoms with Gasteiger partial charge in [-0.15, -0.1) is 6.58 Å². The molecule has 0 bridgehead atoms. The van der Waals surface area contributed by atoms with Crippen molar-refractivity contribution < 1.29 is 17.9 Å². The Morgan fingerprint density at radius 2 is 1.95 bits per heavy atom. The number of ether oxygens (including phenoxy) is 1. The van der Waals surface area contributed by atoms with E-state index in [4.69, 9.17) is 0 Å². The van der Waals surface area contributed by atoms with Gasteiger partial charge in [-0.25, -0.2) is 13.2 Å². The first kappa shape index (κ1) is 17.0. The molecule has 1 aromatic rings. The highest BCUT2D eigenvalue weighted by Gasteiger charge is 2.20. The minimum absolute atomic E-state index is 0.173. The fourth-order valence-electron chi connectivity index (χ4n) is 1.55. The minimum atomic E-state index is -3.70. The van der Waals surface area contributed by atoms with Gasteiger partial charge in [0, 0.05) is 18.8 Å². The Morgan fingerprint density at radius 3 is 2.48 bits per heavy atom. The van der Waals surface area contributed by atoms with E-state index in [1.165, 1.54) is 25.4 Å². The molecule has 0 saturated heterocycles. The third-order valence-corrected chi connectivity index (χ3v) is 4.55. The van der Waals surface area contributed by atoms with E-state index in [-0.39, 0.29) is 11.4 Å². The lowest BCUT2D eigenvalue weighted by molar-refractivity contribution is -0.134. The molecular weight excluding hydrogens is 290 g/mol. The Kier molecular flexibility index (Phi) is 6.17. The number of nitrogens with zero attached hydrogens (tertiary/aromatic N) is 1. The summed E-state index contributed by atoms with van der Waals surface area (Å²) < 4.78 is 30.7. The molecular formula is C15H19NO4S. The molecule has 114 valence electrons. The van der Waals surface area contributed by atoms with Crippen molar-refractivity contribution in [3.05, 3.63) is 54.8 Å². The molecule has 0 saturated carbocycles. The van der Waals surface area contributed by atoms with Crippen LogP contribution in [0.3, 0.4) is 0 Å². The van der Waals surface area contributed by atoms with Crippen LogP contribution in [0.1, 0.15) is 12.0 Å². The zero-order chi connectivity index (χ0) is 15.9. The highest BCUT2D eigenvalue weighted by molar-refractivity contribution is 7.89. The minimum Gasteiger partial charge on any atom is -0.466 e. The summed E-state index contributed by atoms with van der Waals surface area (Å²) in [6, 6.07) is 6.53. The number of methoxy groups -OCH3 is 1. The van der Waals surface area contributed by atoms with Crippen molar-refractivity contribution in [2.24, 2.45) is 0 Å². The van der Waals surface area contributed by atoms with Crippen LogP contribution < -0.4 is 0 Å². The van der Waals surface area contributed by atoms with Gasteiger partial charge in [0.25, 0.3) is 10.0 Å². The van der Waals surface area contributed by atoms with Gasteiger partial charge in [0.2, 0.25) is 0 Å². The Morgan fingerprint density at radius 1 is 1.33 bits per heavy atom. The van der Waals surface area contributed by atoms with Gasteiger partial charge in [-0.05, 0) is 25.5 Å². The first-order valence-corrected chi connectivity index (χ1v) is 7.81. The smallest absolute Gasteiger partial charge is 0.331 e. The van der Waals surface area contributed by atoms with E-state index in [1.54, 1.807) is 18.2 Å². The van der Waals surface area contributed by atoms with Crippen LogP contribution in [-0.2, 0) is 19.6 Å². The van der Waals surface area contributed by atoms with Gasteiger partial charge < -0.3 is 4.74 Å². The van der Waals surface area contributed by atoms with Crippen LogP contribution in [0, 0.1) is 6.92 Å². The lowest BCUT2D eigenvalue weighted by Crippen LogP contribution is -2.27. The lowest BCUT2D eigenvalue weighted by Gasteiger charge is -2.19. The zero-order valence-electron chi connectivity index (χ0n) is 12.2. The van der Waals surface area contributed by atoms with Gasteiger partial charge in [-0.1, -0.05) is 23.8 Å². The molecule has 0 aliphatic carbocycles. The zero-order valence-corrected chi connectivity index (χ0v) is 13.0. The molecule has 5 nitrogen and oxygen atoms in total. The van der Waals surface area contributed by atoms with Crippen molar-refractivity contribution in [2.75, 3.05) is 13.7 Å². The van der Waals surface area contributed by atoms with E-state index in [9.17, 15) is 13.2 Å². The molecule has 0 aromatic heterocycles. The SMILES string of the molecule is C=CCCN(/C=C/C(=O)OC)S(=O)(=O)c1ccc(C)cc1. The molecule has 0 heterocycles. The third-order valence-electron chi connectivity index (χ3n) is 2.76. The summed E-state index contributed by atoms with van der Waals surface area (Å²) in [6.07, 6.45) is 4.37. The molecule has 0 amide bonds. The number of rotatable bonds is 7. The maximum absolute atomic E-state index is 12.5. The van der Waals surface area contributed by atoms with E-state index in [0.717, 1.165) is 15.9 Å². The molecule has 0 aliphatic rings. The molecule has 0 aliphatic heterocycles. The average Bonchev–Trinajstić information content (AvgIpc) is 2.47. The van der Waals surface area contributed by atoms with Crippen LogP contribution in [0.5, 0.6) is 0 Å². The second kappa shape index (κ2) is 7.64. The van der Waals surface area contributed by atoms with Crippen LogP contribution in [-0.4, -0.2) is 32.3 Å². The Labute approximate surface area is 125 Å². The van der Waals surface area contributed by atoms with Crippen LogP contribution >= 0.6 is 0 Å². The molecule has 6 heteroatoms. The van der Waals surface area contributed by atoms with E-state index >= 15 is 0 Å². The number of aryl methyl sites for hydroxylation is 1. The topological polar surface area (TPSA) is 63.7 Å². The van der Waals surface area contributed by atoms with Crippen LogP contribution in [0.25, 0.3) is 0 Å². The summed E-state index contributed by atoms with van der Waals surface area (Å²) >= 11 is 0. The summed E-state index contributed by atoms with van der Waals surface area (Å²) in [6.45, 7) is 5.65. The van der Waals surface area contributed by atoms with Crippen molar-refractivity contribution in [3.8, 4) is 0 Å². The molecule has 1 aromatic carbocycles.